The normalized spacial score (nSPS) is 12.0. The summed E-state index contributed by atoms with van der Waals surface area (Å²) in [4.78, 5) is 26.3. The van der Waals surface area contributed by atoms with Crippen LogP contribution in [0.1, 0.15) is 123 Å². The van der Waals surface area contributed by atoms with Crippen molar-refractivity contribution in [1.29, 1.82) is 0 Å². The summed E-state index contributed by atoms with van der Waals surface area (Å²) in [5.41, 5.74) is -4.73. The van der Waals surface area contributed by atoms with E-state index in [0.717, 1.165) is 41.8 Å². The fraction of sp³-hybridized carbons (Fsp3) is 0.269. The van der Waals surface area contributed by atoms with Crippen LogP contribution in [0.5, 0.6) is 28.7 Å². The predicted octanol–water partition coefficient (Wildman–Crippen LogP) is 14.8. The summed E-state index contributed by atoms with van der Waals surface area (Å²) in [5, 5.41) is 0. The second-order valence-electron chi connectivity index (χ2n) is 17.0. The van der Waals surface area contributed by atoms with Gasteiger partial charge in [-0.05, 0) is 122 Å². The number of benzene rings is 6. The third-order valence-corrected chi connectivity index (χ3v) is 12.2. The Hall–Kier alpha value is -6.50. The number of ketones is 2. The maximum Gasteiger partial charge on any atom is 0.205 e. The number of halogens is 8. The number of carbonyl (C=O) groups is 2. The molecule has 0 saturated carbocycles. The van der Waals surface area contributed by atoms with Crippen LogP contribution in [0.25, 0.3) is 0 Å². The Morgan fingerprint density at radius 2 is 0.769 bits per heavy atom. The van der Waals surface area contributed by atoms with Crippen LogP contribution in [0.2, 0.25) is 0 Å². The number of ether oxygens (including phenoxy) is 3. The Balaban J connectivity index is 1.14. The lowest BCUT2D eigenvalue weighted by molar-refractivity contribution is 0.102. The summed E-state index contributed by atoms with van der Waals surface area (Å²) >= 11 is 0. The van der Waals surface area contributed by atoms with Crippen LogP contribution in [0.15, 0.2) is 97.1 Å². The number of hydrogen-bond acceptors (Lipinski definition) is 5. The molecule has 340 valence electrons. The van der Waals surface area contributed by atoms with Crippen LogP contribution in [-0.2, 0) is 10.8 Å². The molecule has 0 N–H and O–H groups in total. The molecule has 0 amide bonds. The van der Waals surface area contributed by atoms with E-state index in [4.69, 9.17) is 14.2 Å². The number of hydrogen-bond donors (Lipinski definition) is 0. The van der Waals surface area contributed by atoms with E-state index in [-0.39, 0.29) is 46.8 Å². The van der Waals surface area contributed by atoms with Crippen LogP contribution in [0.4, 0.5) is 35.1 Å². The van der Waals surface area contributed by atoms with Gasteiger partial charge >= 0.3 is 0 Å². The molecule has 6 aromatic rings. The van der Waals surface area contributed by atoms with Crippen molar-refractivity contribution in [2.45, 2.75) is 91.1 Å². The molecule has 0 aliphatic rings. The highest BCUT2D eigenvalue weighted by molar-refractivity contribution is 6.10. The van der Waals surface area contributed by atoms with Gasteiger partial charge < -0.3 is 14.2 Å². The van der Waals surface area contributed by atoms with Crippen molar-refractivity contribution in [3.63, 3.8) is 0 Å². The van der Waals surface area contributed by atoms with Crippen LogP contribution < -0.4 is 14.2 Å². The van der Waals surface area contributed by atoms with E-state index in [9.17, 15) is 9.59 Å². The second-order valence-corrected chi connectivity index (χ2v) is 17.0. The van der Waals surface area contributed by atoms with Gasteiger partial charge in [0.05, 0.1) is 0 Å². The third kappa shape index (κ3) is 9.37. The fourth-order valence-electron chi connectivity index (χ4n) is 7.19. The number of carbonyl (C=O) groups excluding carboxylic acids is 2. The first-order chi connectivity index (χ1) is 30.6. The van der Waals surface area contributed by atoms with Gasteiger partial charge in [-0.25, -0.2) is 26.3 Å². The molecule has 0 spiro atoms. The van der Waals surface area contributed by atoms with Gasteiger partial charge in [0.15, 0.2) is 46.5 Å². The molecule has 5 nitrogen and oxygen atoms in total. The molecular formula is C52H46F8O5. The van der Waals surface area contributed by atoms with E-state index in [2.05, 4.69) is 0 Å². The molecule has 0 saturated heterocycles. The van der Waals surface area contributed by atoms with Crippen molar-refractivity contribution in [3.8, 4) is 28.7 Å². The minimum Gasteiger partial charge on any atom is -0.488 e. The molecule has 6 aromatic carbocycles. The SMILES string of the molecule is CCC(C)(C)Oc1ccc(C(C)(C)c2ccc(Oc3c(F)c(F)c(C(=O)c4ccc(Oc5ccc(C(=O)c6c(F)c(F)c(C(C)(CC)CC)c(F)c6F)cc5)cc4)c(F)c3F)cc2)cc1. The predicted molar refractivity (Wildman–Crippen MR) is 230 cm³/mol. The number of rotatable bonds is 16. The van der Waals surface area contributed by atoms with Crippen molar-refractivity contribution in [1.82, 2.24) is 0 Å². The van der Waals surface area contributed by atoms with Crippen molar-refractivity contribution < 1.29 is 58.9 Å². The summed E-state index contributed by atoms with van der Waals surface area (Å²) in [6, 6.07) is 22.9. The van der Waals surface area contributed by atoms with Gasteiger partial charge in [-0.1, -0.05) is 65.8 Å². The van der Waals surface area contributed by atoms with Crippen molar-refractivity contribution >= 4 is 11.6 Å². The summed E-state index contributed by atoms with van der Waals surface area (Å²) < 4.78 is 139. The smallest absolute Gasteiger partial charge is 0.205 e. The van der Waals surface area contributed by atoms with Crippen molar-refractivity contribution in [2.24, 2.45) is 0 Å². The van der Waals surface area contributed by atoms with Gasteiger partial charge in [-0.15, -0.1) is 0 Å². The van der Waals surface area contributed by atoms with Gasteiger partial charge in [0, 0.05) is 22.1 Å². The average molecular weight is 903 g/mol. The summed E-state index contributed by atoms with van der Waals surface area (Å²) in [6.07, 6.45) is 1.17. The maximum atomic E-state index is 15.4. The van der Waals surface area contributed by atoms with Crippen molar-refractivity contribution in [2.75, 3.05) is 0 Å². The van der Waals surface area contributed by atoms with E-state index < -0.39 is 91.4 Å². The molecule has 0 heterocycles. The molecule has 0 aliphatic heterocycles. The Morgan fingerprint density at radius 3 is 1.14 bits per heavy atom. The van der Waals surface area contributed by atoms with Gasteiger partial charge in [-0.3, -0.25) is 9.59 Å². The van der Waals surface area contributed by atoms with Gasteiger partial charge in [0.25, 0.3) is 0 Å². The van der Waals surface area contributed by atoms with Crippen molar-refractivity contribution in [3.05, 3.63) is 183 Å². The Bertz CT molecular complexity index is 2680. The first kappa shape index (κ1) is 48.0. The highest BCUT2D eigenvalue weighted by atomic mass is 19.2. The molecule has 0 aromatic heterocycles. The minimum absolute atomic E-state index is 0.0443. The standard InChI is InChI=1S/C52H46F8O5/c1-9-50(4,5)65-35-26-18-31(19-27-35)51(6,7)30-16-24-34(25-17-30)64-49-45(59)41(55)37(42(56)46(49)60)48(62)29-14-22-33(23-15-29)63-32-20-12-28(13-21-32)47(61)36-39(53)43(57)38(44(58)40(36)54)52(8,10-2)11-3/h12-27H,9-11H2,1-8H3. The lowest BCUT2D eigenvalue weighted by atomic mass is 9.76. The molecule has 0 radical (unpaired) electrons. The molecule has 13 heteroatoms. The lowest BCUT2D eigenvalue weighted by Gasteiger charge is -2.29. The molecule has 0 unspecified atom stereocenters. The largest absolute Gasteiger partial charge is 0.488 e. The van der Waals surface area contributed by atoms with E-state index in [0.29, 0.717) is 5.75 Å². The van der Waals surface area contributed by atoms with Crippen LogP contribution in [0.3, 0.4) is 0 Å². The molecule has 0 atom stereocenters. The highest BCUT2D eigenvalue weighted by Crippen LogP contribution is 2.40. The van der Waals surface area contributed by atoms with Crippen LogP contribution in [-0.4, -0.2) is 17.2 Å². The maximum absolute atomic E-state index is 15.4. The van der Waals surface area contributed by atoms with E-state index >= 15 is 35.1 Å². The molecule has 0 fully saturated rings. The van der Waals surface area contributed by atoms with Gasteiger partial charge in [0.1, 0.15) is 39.7 Å². The fourth-order valence-corrected chi connectivity index (χ4v) is 7.19. The highest BCUT2D eigenvalue weighted by Gasteiger charge is 2.38. The lowest BCUT2D eigenvalue weighted by Crippen LogP contribution is -2.26. The van der Waals surface area contributed by atoms with E-state index in [1.54, 1.807) is 26.0 Å². The van der Waals surface area contributed by atoms with E-state index in [1.165, 1.54) is 43.3 Å². The van der Waals surface area contributed by atoms with E-state index in [1.807, 2.05) is 58.9 Å². The summed E-state index contributed by atoms with van der Waals surface area (Å²) in [5.74, 6) is -18.2. The molecule has 0 bridgehead atoms. The zero-order valence-corrected chi connectivity index (χ0v) is 36.9. The minimum atomic E-state index is -1.98. The topological polar surface area (TPSA) is 61.8 Å². The molecule has 6 rings (SSSR count). The van der Waals surface area contributed by atoms with Gasteiger partial charge in [0.2, 0.25) is 17.4 Å². The summed E-state index contributed by atoms with van der Waals surface area (Å²) in [7, 11) is 0. The van der Waals surface area contributed by atoms with Gasteiger partial charge in [-0.2, -0.15) is 8.78 Å². The van der Waals surface area contributed by atoms with Crippen LogP contribution in [0, 0.1) is 46.5 Å². The first-order valence-corrected chi connectivity index (χ1v) is 20.9. The Morgan fingerprint density at radius 1 is 0.431 bits per heavy atom. The molecule has 65 heavy (non-hydrogen) atoms. The first-order valence-electron chi connectivity index (χ1n) is 20.9. The second kappa shape index (κ2) is 18.5. The monoisotopic (exact) mass is 902 g/mol. The average Bonchev–Trinajstić information content (AvgIpc) is 3.29. The Labute approximate surface area is 372 Å². The summed E-state index contributed by atoms with van der Waals surface area (Å²) in [6.45, 7) is 14.7. The van der Waals surface area contributed by atoms with Crippen LogP contribution >= 0.6 is 0 Å². The zero-order valence-electron chi connectivity index (χ0n) is 36.9. The zero-order chi connectivity index (χ0) is 47.8. The Kier molecular flexibility index (Phi) is 13.7. The molecule has 0 aliphatic carbocycles. The molecular weight excluding hydrogens is 857 g/mol. The third-order valence-electron chi connectivity index (χ3n) is 12.2. The quantitative estimate of drug-likeness (QED) is 0.0550.